The number of unbranched alkanes of at least 4 members (excludes halogenated alkanes) is 2. The fraction of sp³-hybridized carbons (Fsp3) is 0.214. The SMILES string of the molecule is CCCCCOc1cccc(C2c3c(oc4ccccc4c3=O)C(=O)N2c2ccc(Br)cc2)c1. The van der Waals surface area contributed by atoms with Gasteiger partial charge < -0.3 is 9.15 Å². The molecule has 0 bridgehead atoms. The molecule has 0 N–H and O–H groups in total. The van der Waals surface area contributed by atoms with Crippen LogP contribution in [0.3, 0.4) is 0 Å². The molecule has 0 saturated heterocycles. The third-order valence-corrected chi connectivity index (χ3v) is 6.60. The van der Waals surface area contributed by atoms with Crippen molar-refractivity contribution in [1.82, 2.24) is 0 Å². The Morgan fingerprint density at radius 3 is 2.56 bits per heavy atom. The Bertz CT molecular complexity index is 1410. The number of amides is 1. The second kappa shape index (κ2) is 9.47. The van der Waals surface area contributed by atoms with Crippen molar-refractivity contribution in [2.24, 2.45) is 0 Å². The number of hydrogen-bond donors (Lipinski definition) is 0. The van der Waals surface area contributed by atoms with Gasteiger partial charge in [-0.2, -0.15) is 0 Å². The molecule has 3 aromatic carbocycles. The molecule has 1 aromatic heterocycles. The molecule has 1 atom stereocenters. The summed E-state index contributed by atoms with van der Waals surface area (Å²) in [5.74, 6) is 0.473. The normalized spacial score (nSPS) is 15.1. The lowest BCUT2D eigenvalue weighted by Gasteiger charge is -2.25. The number of carbonyl (C=O) groups excluding carboxylic acids is 1. The first-order valence-electron chi connectivity index (χ1n) is 11.5. The summed E-state index contributed by atoms with van der Waals surface area (Å²) in [4.78, 5) is 28.9. The lowest BCUT2D eigenvalue weighted by atomic mass is 9.98. The molecule has 1 aliphatic heterocycles. The number of benzene rings is 3. The molecule has 0 radical (unpaired) electrons. The van der Waals surface area contributed by atoms with Crippen molar-refractivity contribution in [3.63, 3.8) is 0 Å². The second-order valence-corrected chi connectivity index (χ2v) is 9.27. The van der Waals surface area contributed by atoms with Crippen molar-refractivity contribution in [3.8, 4) is 5.75 Å². The zero-order valence-corrected chi connectivity index (χ0v) is 20.4. The maximum atomic E-state index is 13.6. The lowest BCUT2D eigenvalue weighted by molar-refractivity contribution is 0.0971. The number of rotatable bonds is 7. The van der Waals surface area contributed by atoms with Crippen LogP contribution in [0.4, 0.5) is 5.69 Å². The predicted molar refractivity (Wildman–Crippen MR) is 137 cm³/mol. The van der Waals surface area contributed by atoms with Crippen LogP contribution in [0.25, 0.3) is 11.0 Å². The number of hydrogen-bond acceptors (Lipinski definition) is 4. The number of para-hydroxylation sites is 1. The summed E-state index contributed by atoms with van der Waals surface area (Å²) < 4.78 is 12.9. The van der Waals surface area contributed by atoms with Gasteiger partial charge in [-0.1, -0.05) is 60.0 Å². The van der Waals surface area contributed by atoms with Gasteiger partial charge in [0.2, 0.25) is 5.76 Å². The highest BCUT2D eigenvalue weighted by molar-refractivity contribution is 9.10. The second-order valence-electron chi connectivity index (χ2n) is 8.35. The van der Waals surface area contributed by atoms with Gasteiger partial charge in [-0.15, -0.1) is 0 Å². The van der Waals surface area contributed by atoms with Crippen molar-refractivity contribution < 1.29 is 13.9 Å². The minimum absolute atomic E-state index is 0.0888. The first kappa shape index (κ1) is 22.4. The molecular weight excluding hydrogens is 494 g/mol. The van der Waals surface area contributed by atoms with E-state index in [1.54, 1.807) is 29.2 Å². The van der Waals surface area contributed by atoms with Crippen LogP contribution in [0.5, 0.6) is 5.75 Å². The molecule has 5 nitrogen and oxygen atoms in total. The highest BCUT2D eigenvalue weighted by atomic mass is 79.9. The van der Waals surface area contributed by atoms with Crippen molar-refractivity contribution in [1.29, 1.82) is 0 Å². The van der Waals surface area contributed by atoms with Crippen LogP contribution in [-0.2, 0) is 0 Å². The van der Waals surface area contributed by atoms with Crippen molar-refractivity contribution >= 4 is 38.5 Å². The lowest BCUT2D eigenvalue weighted by Crippen LogP contribution is -2.29. The van der Waals surface area contributed by atoms with E-state index >= 15 is 0 Å². The Balaban J connectivity index is 1.65. The van der Waals surface area contributed by atoms with Crippen LogP contribution in [0.2, 0.25) is 0 Å². The molecule has 1 unspecified atom stereocenters. The Kier molecular flexibility index (Phi) is 6.24. The van der Waals surface area contributed by atoms with Gasteiger partial charge in [0.25, 0.3) is 5.91 Å². The number of anilines is 1. The molecule has 0 spiro atoms. The molecule has 0 aliphatic carbocycles. The van der Waals surface area contributed by atoms with E-state index in [0.717, 1.165) is 35.0 Å². The summed E-state index contributed by atoms with van der Waals surface area (Å²) in [5.41, 5.74) is 2.05. The molecule has 0 fully saturated rings. The summed E-state index contributed by atoms with van der Waals surface area (Å²) in [6.07, 6.45) is 3.21. The summed E-state index contributed by atoms with van der Waals surface area (Å²) in [6.45, 7) is 2.78. The maximum absolute atomic E-state index is 13.6. The standard InChI is InChI=1S/C28H24BrNO4/c1-2-3-6-16-33-21-9-7-8-18(17-21)25-24-26(31)22-10-4-5-11-23(22)34-27(24)28(32)30(25)20-14-12-19(29)13-15-20/h4-5,7-15,17,25H,2-3,6,16H2,1H3. The minimum Gasteiger partial charge on any atom is -0.494 e. The van der Waals surface area contributed by atoms with Gasteiger partial charge in [-0.05, 0) is 60.5 Å². The average Bonchev–Trinajstić information content (AvgIpc) is 3.15. The molecular formula is C28H24BrNO4. The smallest absolute Gasteiger partial charge is 0.295 e. The minimum atomic E-state index is -0.622. The van der Waals surface area contributed by atoms with E-state index in [9.17, 15) is 9.59 Å². The Morgan fingerprint density at radius 1 is 0.971 bits per heavy atom. The zero-order chi connectivity index (χ0) is 23.7. The largest absolute Gasteiger partial charge is 0.494 e. The van der Waals surface area contributed by atoms with E-state index in [1.165, 1.54) is 0 Å². The molecule has 4 aromatic rings. The van der Waals surface area contributed by atoms with Gasteiger partial charge in [0.1, 0.15) is 11.3 Å². The van der Waals surface area contributed by atoms with Crippen LogP contribution in [-0.4, -0.2) is 12.5 Å². The highest BCUT2D eigenvalue weighted by Crippen LogP contribution is 2.42. The molecule has 172 valence electrons. The molecule has 1 aliphatic rings. The van der Waals surface area contributed by atoms with Gasteiger partial charge in [-0.25, -0.2) is 0 Å². The molecule has 34 heavy (non-hydrogen) atoms. The summed E-state index contributed by atoms with van der Waals surface area (Å²) in [5, 5.41) is 0.462. The molecule has 5 rings (SSSR count). The molecule has 1 amide bonds. The summed E-state index contributed by atoms with van der Waals surface area (Å²) in [7, 11) is 0. The van der Waals surface area contributed by atoms with E-state index < -0.39 is 6.04 Å². The quantitative estimate of drug-likeness (QED) is 0.251. The average molecular weight is 518 g/mol. The van der Waals surface area contributed by atoms with E-state index in [1.807, 2.05) is 48.5 Å². The fourth-order valence-electron chi connectivity index (χ4n) is 4.42. The van der Waals surface area contributed by atoms with Crippen LogP contribution in [0.15, 0.2) is 86.5 Å². The first-order chi connectivity index (χ1) is 16.6. The molecule has 0 saturated carbocycles. The Morgan fingerprint density at radius 2 is 1.76 bits per heavy atom. The molecule has 2 heterocycles. The van der Waals surface area contributed by atoms with E-state index in [-0.39, 0.29) is 17.1 Å². The van der Waals surface area contributed by atoms with Crippen molar-refractivity contribution in [2.45, 2.75) is 32.2 Å². The number of ether oxygens (including phenoxy) is 1. The van der Waals surface area contributed by atoms with Gasteiger partial charge in [-0.3, -0.25) is 14.5 Å². The van der Waals surface area contributed by atoms with Gasteiger partial charge in [0, 0.05) is 10.2 Å². The number of nitrogens with zero attached hydrogens (tertiary/aromatic N) is 1. The third-order valence-electron chi connectivity index (χ3n) is 6.07. The van der Waals surface area contributed by atoms with Crippen molar-refractivity contribution in [3.05, 3.63) is 104 Å². The number of halogens is 1. The van der Waals surface area contributed by atoms with E-state index in [0.29, 0.717) is 28.8 Å². The predicted octanol–water partition coefficient (Wildman–Crippen LogP) is 6.87. The van der Waals surface area contributed by atoms with Crippen LogP contribution in [0, 0.1) is 0 Å². The Hall–Kier alpha value is -3.38. The van der Waals surface area contributed by atoms with Crippen molar-refractivity contribution in [2.75, 3.05) is 11.5 Å². The third kappa shape index (κ3) is 4.03. The van der Waals surface area contributed by atoms with Gasteiger partial charge >= 0.3 is 0 Å². The number of fused-ring (bicyclic) bond motifs is 2. The molecule has 6 heteroatoms. The van der Waals surface area contributed by atoms with Crippen LogP contribution in [0.1, 0.15) is 53.9 Å². The maximum Gasteiger partial charge on any atom is 0.295 e. The number of carbonyl (C=O) groups is 1. The van der Waals surface area contributed by atoms with Crippen LogP contribution < -0.4 is 15.1 Å². The monoisotopic (exact) mass is 517 g/mol. The zero-order valence-electron chi connectivity index (χ0n) is 18.8. The van der Waals surface area contributed by atoms with E-state index in [4.69, 9.17) is 9.15 Å². The summed E-state index contributed by atoms with van der Waals surface area (Å²) >= 11 is 3.45. The highest BCUT2D eigenvalue weighted by Gasteiger charge is 2.43. The van der Waals surface area contributed by atoms with Crippen LogP contribution >= 0.6 is 15.9 Å². The van der Waals surface area contributed by atoms with Gasteiger partial charge in [0.15, 0.2) is 5.43 Å². The van der Waals surface area contributed by atoms with Gasteiger partial charge in [0.05, 0.1) is 23.6 Å². The van der Waals surface area contributed by atoms with E-state index in [2.05, 4.69) is 22.9 Å². The first-order valence-corrected chi connectivity index (χ1v) is 12.3. The Labute approximate surface area is 206 Å². The summed E-state index contributed by atoms with van der Waals surface area (Å²) in [6, 6.07) is 21.5. The fourth-order valence-corrected chi connectivity index (χ4v) is 4.68. The topological polar surface area (TPSA) is 59.8 Å².